The maximum atomic E-state index is 13.7. The van der Waals surface area contributed by atoms with Crippen molar-refractivity contribution < 1.29 is 0 Å². The van der Waals surface area contributed by atoms with Gasteiger partial charge >= 0.3 is 0 Å². The second-order valence-electron chi connectivity index (χ2n) is 7.92. The number of nitrogens with zero attached hydrogens (tertiary/aromatic N) is 3. The molecule has 1 atom stereocenters. The molecule has 1 saturated heterocycles. The Hall–Kier alpha value is -2.92. The molecule has 4 aromatic rings. The van der Waals surface area contributed by atoms with Gasteiger partial charge in [-0.25, -0.2) is 4.98 Å². The van der Waals surface area contributed by atoms with Crippen LogP contribution in [0.2, 0.25) is 0 Å². The second kappa shape index (κ2) is 7.48. The molecule has 5 nitrogen and oxygen atoms in total. The van der Waals surface area contributed by atoms with Crippen molar-refractivity contribution in [3.05, 3.63) is 65.1 Å². The van der Waals surface area contributed by atoms with Crippen LogP contribution in [-0.4, -0.2) is 27.2 Å². The Bertz CT molecular complexity index is 1230. The number of fused-ring (bicyclic) bond motifs is 2. The van der Waals surface area contributed by atoms with Crippen LogP contribution in [0, 0.1) is 5.92 Å². The van der Waals surface area contributed by atoms with Crippen LogP contribution >= 0.6 is 0 Å². The normalized spacial score (nSPS) is 17.2. The molecule has 0 saturated carbocycles. The van der Waals surface area contributed by atoms with Crippen molar-refractivity contribution in [2.24, 2.45) is 5.92 Å². The van der Waals surface area contributed by atoms with E-state index in [9.17, 15) is 4.79 Å². The number of rotatable bonds is 4. The molecule has 148 valence electrons. The van der Waals surface area contributed by atoms with Gasteiger partial charge in [0.2, 0.25) is 0 Å². The molecule has 5 heteroatoms. The summed E-state index contributed by atoms with van der Waals surface area (Å²) in [5.41, 5.74) is 4.42. The highest BCUT2D eigenvalue weighted by Crippen LogP contribution is 2.29. The molecule has 1 fully saturated rings. The Morgan fingerprint density at radius 1 is 1.10 bits per heavy atom. The van der Waals surface area contributed by atoms with Gasteiger partial charge in [0, 0.05) is 35.8 Å². The third kappa shape index (κ3) is 3.15. The second-order valence-corrected chi connectivity index (χ2v) is 7.92. The summed E-state index contributed by atoms with van der Waals surface area (Å²) in [5.74, 6) is 0.470. The van der Waals surface area contributed by atoms with E-state index < -0.39 is 0 Å². The lowest BCUT2D eigenvalue weighted by molar-refractivity contribution is 0.337. The van der Waals surface area contributed by atoms with E-state index in [-0.39, 0.29) is 5.56 Å². The Balaban J connectivity index is 1.73. The third-order valence-corrected chi connectivity index (χ3v) is 6.08. The van der Waals surface area contributed by atoms with E-state index in [4.69, 9.17) is 4.98 Å². The van der Waals surface area contributed by atoms with E-state index in [0.717, 1.165) is 60.1 Å². The monoisotopic (exact) mass is 386 g/mol. The molecule has 1 aliphatic rings. The van der Waals surface area contributed by atoms with Gasteiger partial charge in [-0.1, -0.05) is 30.3 Å². The van der Waals surface area contributed by atoms with Crippen LogP contribution in [0.1, 0.15) is 19.8 Å². The summed E-state index contributed by atoms with van der Waals surface area (Å²) in [4.78, 5) is 18.5. The molecule has 0 bridgehead atoms. The summed E-state index contributed by atoms with van der Waals surface area (Å²) >= 11 is 0. The predicted molar refractivity (Wildman–Crippen MR) is 118 cm³/mol. The lowest BCUT2D eigenvalue weighted by Crippen LogP contribution is -2.35. The highest BCUT2D eigenvalue weighted by atomic mass is 16.1. The maximum Gasteiger partial charge on any atom is 0.277 e. The highest BCUT2D eigenvalue weighted by molar-refractivity contribution is 5.95. The van der Waals surface area contributed by atoms with E-state index in [0.29, 0.717) is 11.6 Å². The zero-order chi connectivity index (χ0) is 19.8. The molecule has 0 radical (unpaired) electrons. The van der Waals surface area contributed by atoms with Gasteiger partial charge in [0.15, 0.2) is 0 Å². The van der Waals surface area contributed by atoms with Crippen LogP contribution in [0.15, 0.2) is 59.5 Å². The van der Waals surface area contributed by atoms with E-state index in [1.165, 1.54) is 6.42 Å². The number of para-hydroxylation sites is 3. The van der Waals surface area contributed by atoms with Gasteiger partial charge < -0.3 is 14.5 Å². The van der Waals surface area contributed by atoms with Gasteiger partial charge in [-0.2, -0.15) is 0 Å². The lowest BCUT2D eigenvalue weighted by atomic mass is 9.99. The van der Waals surface area contributed by atoms with Crippen molar-refractivity contribution in [3.8, 4) is 11.3 Å². The molecular weight excluding hydrogens is 360 g/mol. The first kappa shape index (κ1) is 18.1. The zero-order valence-corrected chi connectivity index (χ0v) is 16.8. The van der Waals surface area contributed by atoms with Gasteiger partial charge in [-0.15, -0.1) is 0 Å². The average molecular weight is 386 g/mol. The summed E-state index contributed by atoms with van der Waals surface area (Å²) in [7, 11) is 0. The molecule has 3 heterocycles. The molecular formula is C24H26N4O. The molecule has 0 spiro atoms. The van der Waals surface area contributed by atoms with Crippen molar-refractivity contribution in [3.63, 3.8) is 0 Å². The molecule has 5 rings (SSSR count). The van der Waals surface area contributed by atoms with Crippen molar-refractivity contribution in [2.75, 3.05) is 13.1 Å². The number of nitrogens with one attached hydrogen (secondary N) is 1. The standard InChI is InChI=1S/C24H26N4O/c1-2-27-16-19(18-9-3-5-11-21(18)27)23-24(29)28(15-17-8-7-13-25-14-17)22-12-6-4-10-20(22)26-23/h3-6,9-12,16-17,25H,2,7-8,13-15H2,1H3. The van der Waals surface area contributed by atoms with Gasteiger partial charge in [0.1, 0.15) is 5.69 Å². The highest BCUT2D eigenvalue weighted by Gasteiger charge is 2.20. The molecule has 2 aromatic carbocycles. The summed E-state index contributed by atoms with van der Waals surface area (Å²) < 4.78 is 4.14. The van der Waals surface area contributed by atoms with Gasteiger partial charge in [0.25, 0.3) is 5.56 Å². The Morgan fingerprint density at radius 2 is 1.90 bits per heavy atom. The first-order chi connectivity index (χ1) is 14.3. The molecule has 0 amide bonds. The molecule has 1 unspecified atom stereocenters. The van der Waals surface area contributed by atoms with E-state index >= 15 is 0 Å². The minimum absolute atomic E-state index is 0.00767. The SMILES string of the molecule is CCn1cc(-c2nc3ccccc3n(CC3CCCNC3)c2=O)c2ccccc21. The third-order valence-electron chi connectivity index (χ3n) is 6.08. The predicted octanol–water partition coefficient (Wildman–Crippen LogP) is 4.04. The fourth-order valence-corrected chi connectivity index (χ4v) is 4.58. The van der Waals surface area contributed by atoms with Crippen LogP contribution in [0.3, 0.4) is 0 Å². The number of benzene rings is 2. The molecule has 0 aliphatic carbocycles. The van der Waals surface area contributed by atoms with Gasteiger partial charge in [0.05, 0.1) is 11.0 Å². The summed E-state index contributed by atoms with van der Waals surface area (Å²) in [6.07, 6.45) is 4.40. The number of hydrogen-bond donors (Lipinski definition) is 1. The Kier molecular flexibility index (Phi) is 4.68. The average Bonchev–Trinajstić information content (AvgIpc) is 3.15. The maximum absolute atomic E-state index is 13.7. The molecule has 1 N–H and O–H groups in total. The Morgan fingerprint density at radius 3 is 2.69 bits per heavy atom. The van der Waals surface area contributed by atoms with Crippen LogP contribution < -0.4 is 10.9 Å². The number of piperidine rings is 1. The van der Waals surface area contributed by atoms with Crippen molar-refractivity contribution in [2.45, 2.75) is 32.9 Å². The lowest BCUT2D eigenvalue weighted by Gasteiger charge is -2.24. The molecule has 1 aliphatic heterocycles. The fraction of sp³-hybridized carbons (Fsp3) is 0.333. The zero-order valence-electron chi connectivity index (χ0n) is 16.8. The molecule has 29 heavy (non-hydrogen) atoms. The van der Waals surface area contributed by atoms with Crippen molar-refractivity contribution in [1.29, 1.82) is 0 Å². The minimum atomic E-state index is 0.00767. The largest absolute Gasteiger partial charge is 0.347 e. The van der Waals surface area contributed by atoms with E-state index in [2.05, 4.69) is 35.1 Å². The first-order valence-corrected chi connectivity index (χ1v) is 10.5. The van der Waals surface area contributed by atoms with E-state index in [1.807, 2.05) is 41.0 Å². The van der Waals surface area contributed by atoms with Crippen molar-refractivity contribution >= 4 is 21.9 Å². The quantitative estimate of drug-likeness (QED) is 0.576. The number of aryl methyl sites for hydroxylation is 1. The number of aromatic nitrogens is 3. The number of hydrogen-bond acceptors (Lipinski definition) is 3. The topological polar surface area (TPSA) is 51.9 Å². The van der Waals surface area contributed by atoms with Crippen LogP contribution in [0.4, 0.5) is 0 Å². The minimum Gasteiger partial charge on any atom is -0.347 e. The van der Waals surface area contributed by atoms with Crippen LogP contribution in [0.25, 0.3) is 33.2 Å². The first-order valence-electron chi connectivity index (χ1n) is 10.5. The summed E-state index contributed by atoms with van der Waals surface area (Å²) in [5, 5.41) is 4.55. The van der Waals surface area contributed by atoms with Gasteiger partial charge in [-0.05, 0) is 57.0 Å². The van der Waals surface area contributed by atoms with E-state index in [1.54, 1.807) is 0 Å². The molecule has 2 aromatic heterocycles. The fourth-order valence-electron chi connectivity index (χ4n) is 4.58. The summed E-state index contributed by atoms with van der Waals surface area (Å²) in [6.45, 7) is 5.75. The van der Waals surface area contributed by atoms with Crippen LogP contribution in [0.5, 0.6) is 0 Å². The van der Waals surface area contributed by atoms with Crippen molar-refractivity contribution in [1.82, 2.24) is 19.4 Å². The smallest absolute Gasteiger partial charge is 0.277 e. The van der Waals surface area contributed by atoms with Crippen LogP contribution in [-0.2, 0) is 13.1 Å². The summed E-state index contributed by atoms with van der Waals surface area (Å²) in [6, 6.07) is 16.3. The van der Waals surface area contributed by atoms with Gasteiger partial charge in [-0.3, -0.25) is 4.79 Å². The Labute approximate surface area is 170 Å².